The van der Waals surface area contributed by atoms with Crippen LogP contribution in [0.5, 0.6) is 23.0 Å². The Hall–Kier alpha value is -7.96. The maximum Gasteiger partial charge on any atom is 0.127 e. The number of rotatable bonds is 10. The molecule has 0 bridgehead atoms. The van der Waals surface area contributed by atoms with E-state index in [0.717, 1.165) is 33.4 Å². The minimum absolute atomic E-state index is 0.0109. The van der Waals surface area contributed by atoms with Gasteiger partial charge in [0.25, 0.3) is 0 Å². The number of aromatic hydroxyl groups is 4. The molecule has 1 aliphatic rings. The lowest BCUT2D eigenvalue weighted by molar-refractivity contribution is -0.316. The molecule has 0 unspecified atom stereocenters. The van der Waals surface area contributed by atoms with Crippen LogP contribution in [0.2, 0.25) is 0 Å². The zero-order valence-electron chi connectivity index (χ0n) is 44.2. The van der Waals surface area contributed by atoms with E-state index in [2.05, 4.69) is 48.5 Å². The van der Waals surface area contributed by atoms with Crippen molar-refractivity contribution in [1.82, 2.24) is 0 Å². The average molecular weight is 963 g/mol. The van der Waals surface area contributed by atoms with Crippen LogP contribution in [0.4, 0.5) is 0 Å². The highest BCUT2D eigenvalue weighted by Gasteiger charge is 2.28. The van der Waals surface area contributed by atoms with E-state index in [1.165, 1.54) is 24.3 Å². The van der Waals surface area contributed by atoms with E-state index in [4.69, 9.17) is 0 Å². The van der Waals surface area contributed by atoms with E-state index >= 15 is 0 Å². The van der Waals surface area contributed by atoms with Gasteiger partial charge in [-0.3, -0.25) is 0 Å². The second-order valence-corrected chi connectivity index (χ2v) is 14.9. The Labute approximate surface area is 430 Å². The highest BCUT2D eigenvalue weighted by Crippen LogP contribution is 2.52. The zero-order chi connectivity index (χ0) is 53.3. The maximum atomic E-state index is 13.6. The van der Waals surface area contributed by atoms with Crippen LogP contribution in [-0.2, 0) is 0 Å². The molecular weight excluding hydrogens is 889 g/mol. The summed E-state index contributed by atoms with van der Waals surface area (Å²) in [6.45, 7) is 24.0. The fourth-order valence-corrected chi connectivity index (χ4v) is 8.39. The number of phenolic OH excluding ortho intramolecular Hbond substituents is 4. The van der Waals surface area contributed by atoms with Crippen molar-refractivity contribution < 1.29 is 30.6 Å². The molecule has 0 spiro atoms. The van der Waals surface area contributed by atoms with Gasteiger partial charge >= 0.3 is 0 Å². The first-order valence-corrected chi connectivity index (χ1v) is 25.6. The molecular formula is C66H74O6-2. The topological polar surface area (TPSA) is 127 Å². The Balaban J connectivity index is 0.00000106. The van der Waals surface area contributed by atoms with Crippen LogP contribution in [-0.4, -0.2) is 20.4 Å². The van der Waals surface area contributed by atoms with E-state index in [9.17, 15) is 30.6 Å². The highest BCUT2D eigenvalue weighted by atomic mass is 16.3. The van der Waals surface area contributed by atoms with Gasteiger partial charge in [0.15, 0.2) is 0 Å². The van der Waals surface area contributed by atoms with Gasteiger partial charge in [-0.25, -0.2) is 0 Å². The predicted molar refractivity (Wildman–Crippen MR) is 300 cm³/mol. The van der Waals surface area contributed by atoms with Crippen molar-refractivity contribution in [3.05, 3.63) is 250 Å². The summed E-state index contributed by atoms with van der Waals surface area (Å²) in [5, 5.41) is 71.9. The molecule has 6 heteroatoms. The van der Waals surface area contributed by atoms with Gasteiger partial charge in [-0.15, -0.1) is 0 Å². The molecule has 0 atom stereocenters. The van der Waals surface area contributed by atoms with Crippen LogP contribution >= 0.6 is 0 Å². The van der Waals surface area contributed by atoms with Crippen LogP contribution < -0.4 is 10.2 Å². The molecule has 72 heavy (non-hydrogen) atoms. The summed E-state index contributed by atoms with van der Waals surface area (Å²) >= 11 is 0. The molecule has 8 aromatic carbocycles. The van der Waals surface area contributed by atoms with Gasteiger partial charge in [0.05, 0.1) is 11.1 Å². The second kappa shape index (κ2) is 29.9. The number of allylic oxidation sites excluding steroid dienone is 2. The van der Waals surface area contributed by atoms with Crippen LogP contribution in [0.25, 0.3) is 33.4 Å². The monoisotopic (exact) mass is 963 g/mol. The van der Waals surface area contributed by atoms with E-state index in [1.54, 1.807) is 0 Å². The standard InChI is InChI=1S/C54H40O6.6C2H6/c55-43-29-41(33-21-25-39(26-22-33)47(35-13-5-1-6-14-35)36-15-7-2-8-16-36)30-44(56)49(43)51-53(59)52(54(51)60)50-45(57)31-42(32-46(50)58)34-23-27-40(28-24-34)48(37-17-9-3-10-18-37)38-19-11-4-12-20-38;6*1-2/h1-32,47-48,55-60H;6*1-2H3/p-2. The van der Waals surface area contributed by atoms with E-state index in [0.29, 0.717) is 22.3 Å². The number of hydrogen-bond donors (Lipinski definition) is 4. The van der Waals surface area contributed by atoms with Gasteiger partial charge in [-0.2, -0.15) is 0 Å². The van der Waals surface area contributed by atoms with Crippen molar-refractivity contribution in [3.63, 3.8) is 0 Å². The molecule has 0 radical (unpaired) electrons. The Morgan fingerprint density at radius 3 is 0.667 bits per heavy atom. The summed E-state index contributed by atoms with van der Waals surface area (Å²) in [5.41, 5.74) is 7.56. The van der Waals surface area contributed by atoms with Crippen LogP contribution in [0.1, 0.15) is 139 Å². The maximum absolute atomic E-state index is 13.6. The van der Waals surface area contributed by atoms with Crippen molar-refractivity contribution in [2.24, 2.45) is 0 Å². The number of phenols is 4. The highest BCUT2D eigenvalue weighted by molar-refractivity contribution is 6.09. The molecule has 4 N–H and O–H groups in total. The third-order valence-electron chi connectivity index (χ3n) is 11.3. The molecule has 0 aromatic heterocycles. The lowest BCUT2D eigenvalue weighted by Gasteiger charge is -2.40. The van der Waals surface area contributed by atoms with Gasteiger partial charge in [-0.05, 0) is 91.0 Å². The molecule has 376 valence electrons. The Kier molecular flexibility index (Phi) is 24.3. The van der Waals surface area contributed by atoms with Gasteiger partial charge in [0.1, 0.15) is 23.0 Å². The summed E-state index contributed by atoms with van der Waals surface area (Å²) < 4.78 is 0. The minimum atomic E-state index is -0.814. The third kappa shape index (κ3) is 13.3. The number of hydrogen-bond acceptors (Lipinski definition) is 6. The third-order valence-corrected chi connectivity index (χ3v) is 11.3. The first-order valence-electron chi connectivity index (χ1n) is 25.6. The van der Waals surface area contributed by atoms with Gasteiger partial charge in [-0.1, -0.05) is 264 Å². The van der Waals surface area contributed by atoms with Gasteiger partial charge in [0.2, 0.25) is 0 Å². The lowest BCUT2D eigenvalue weighted by Crippen LogP contribution is -2.27. The Morgan fingerprint density at radius 1 is 0.264 bits per heavy atom. The summed E-state index contributed by atoms with van der Waals surface area (Å²) in [7, 11) is 0. The fourth-order valence-electron chi connectivity index (χ4n) is 8.39. The molecule has 0 amide bonds. The largest absolute Gasteiger partial charge is 0.872 e. The Bertz CT molecular complexity index is 2550. The lowest BCUT2D eigenvalue weighted by atomic mass is 9.82. The molecule has 0 heterocycles. The fraction of sp³-hybridized carbons (Fsp3) is 0.212. The molecule has 9 rings (SSSR count). The smallest absolute Gasteiger partial charge is 0.127 e. The first-order chi connectivity index (χ1) is 35.3. The predicted octanol–water partition coefficient (Wildman–Crippen LogP) is 16.2. The van der Waals surface area contributed by atoms with Gasteiger partial charge in [0, 0.05) is 11.8 Å². The molecule has 0 aliphatic heterocycles. The molecule has 6 nitrogen and oxygen atoms in total. The summed E-state index contributed by atoms with van der Waals surface area (Å²) in [6.07, 6.45) is 0. The van der Waals surface area contributed by atoms with Crippen molar-refractivity contribution in [3.8, 4) is 45.3 Å². The van der Waals surface area contributed by atoms with Gasteiger partial charge < -0.3 is 30.6 Å². The quantitative estimate of drug-likeness (QED) is 0.101. The minimum Gasteiger partial charge on any atom is -0.872 e. The molecule has 1 aliphatic carbocycles. The molecule has 8 aromatic rings. The normalized spacial score (nSPS) is 11.0. The van der Waals surface area contributed by atoms with E-state index < -0.39 is 45.7 Å². The van der Waals surface area contributed by atoms with Crippen LogP contribution in [0.15, 0.2) is 206 Å². The van der Waals surface area contributed by atoms with E-state index in [-0.39, 0.29) is 23.0 Å². The number of benzene rings is 8. The summed E-state index contributed by atoms with van der Waals surface area (Å²) in [6, 6.07) is 62.0. The van der Waals surface area contributed by atoms with Crippen molar-refractivity contribution in [2.75, 3.05) is 0 Å². The summed E-state index contributed by atoms with van der Waals surface area (Å²) in [4.78, 5) is 0. The molecule has 0 saturated carbocycles. The first kappa shape index (κ1) is 58.4. The average Bonchev–Trinajstić information content (AvgIpc) is 3.45. The van der Waals surface area contributed by atoms with E-state index in [1.807, 2.05) is 204 Å². The summed E-state index contributed by atoms with van der Waals surface area (Å²) in [5.74, 6) is -3.46. The van der Waals surface area contributed by atoms with Crippen molar-refractivity contribution in [1.29, 1.82) is 0 Å². The second-order valence-electron chi connectivity index (χ2n) is 14.9. The molecule has 0 fully saturated rings. The SMILES string of the molecule is CC.CC.CC.CC.CC.CC.[O-]C1=C(c2c(O)cc(-c3ccc(C(c4ccccc4)c4ccccc4)cc3)cc2O)C([O-])=C1c1c(O)cc(-c2ccc(C(c3ccccc3)c3ccccc3)cc2)cc1O. The Morgan fingerprint density at radius 2 is 0.458 bits per heavy atom. The molecule has 0 saturated heterocycles. The van der Waals surface area contributed by atoms with Crippen LogP contribution in [0, 0.1) is 0 Å². The zero-order valence-corrected chi connectivity index (χ0v) is 44.2. The van der Waals surface area contributed by atoms with Crippen molar-refractivity contribution in [2.45, 2.75) is 94.9 Å². The van der Waals surface area contributed by atoms with Crippen molar-refractivity contribution >= 4 is 11.1 Å². The van der Waals surface area contributed by atoms with Crippen LogP contribution in [0.3, 0.4) is 0 Å².